The van der Waals surface area contributed by atoms with E-state index in [1.165, 1.54) is 16.7 Å². The standard InChI is InChI=1S/C20H35N/c1-13(2)16-11-17(14(3)4)19(18(12-16)15(5)6)20(7,8)9-10-21/h11-15H,9-10,21H2,1-8H3. The van der Waals surface area contributed by atoms with Crippen molar-refractivity contribution in [3.8, 4) is 0 Å². The van der Waals surface area contributed by atoms with Crippen LogP contribution < -0.4 is 5.73 Å². The van der Waals surface area contributed by atoms with Crippen LogP contribution in [0, 0.1) is 0 Å². The van der Waals surface area contributed by atoms with Gasteiger partial charge >= 0.3 is 0 Å². The molecule has 1 heteroatoms. The second-order valence-corrected chi connectivity index (χ2v) is 7.96. The lowest BCUT2D eigenvalue weighted by Crippen LogP contribution is -2.26. The number of benzene rings is 1. The Morgan fingerprint density at radius 1 is 0.857 bits per heavy atom. The van der Waals surface area contributed by atoms with Crippen LogP contribution in [-0.2, 0) is 5.41 Å². The molecule has 0 saturated carbocycles. The van der Waals surface area contributed by atoms with Crippen molar-refractivity contribution in [1.82, 2.24) is 0 Å². The molecule has 2 N–H and O–H groups in total. The fourth-order valence-corrected chi connectivity index (χ4v) is 3.22. The molecule has 1 nitrogen and oxygen atoms in total. The maximum Gasteiger partial charge on any atom is -0.00690 e. The van der Waals surface area contributed by atoms with Crippen LogP contribution in [-0.4, -0.2) is 6.54 Å². The van der Waals surface area contributed by atoms with Crippen molar-refractivity contribution in [2.45, 2.75) is 85.0 Å². The molecule has 0 radical (unpaired) electrons. The van der Waals surface area contributed by atoms with Crippen LogP contribution in [0.3, 0.4) is 0 Å². The van der Waals surface area contributed by atoms with Crippen molar-refractivity contribution < 1.29 is 0 Å². The molecule has 0 aromatic heterocycles. The molecule has 1 aromatic carbocycles. The Morgan fingerprint density at radius 2 is 1.29 bits per heavy atom. The van der Waals surface area contributed by atoms with Crippen LogP contribution in [0.2, 0.25) is 0 Å². The van der Waals surface area contributed by atoms with E-state index in [2.05, 4.69) is 67.5 Å². The van der Waals surface area contributed by atoms with E-state index in [4.69, 9.17) is 5.73 Å². The smallest absolute Gasteiger partial charge is 0.00690 e. The molecule has 120 valence electrons. The Kier molecular flexibility index (Phi) is 6.04. The highest BCUT2D eigenvalue weighted by atomic mass is 14.5. The summed E-state index contributed by atoms with van der Waals surface area (Å²) < 4.78 is 0. The summed E-state index contributed by atoms with van der Waals surface area (Å²) in [4.78, 5) is 0. The van der Waals surface area contributed by atoms with Crippen LogP contribution in [0.15, 0.2) is 12.1 Å². The van der Waals surface area contributed by atoms with Gasteiger partial charge in [-0.3, -0.25) is 0 Å². The number of hydrogen-bond donors (Lipinski definition) is 1. The lowest BCUT2D eigenvalue weighted by molar-refractivity contribution is 0.473. The average Bonchev–Trinajstić information content (AvgIpc) is 2.36. The van der Waals surface area contributed by atoms with Crippen molar-refractivity contribution in [1.29, 1.82) is 0 Å². The Morgan fingerprint density at radius 3 is 1.57 bits per heavy atom. The van der Waals surface area contributed by atoms with Gasteiger partial charge in [0.2, 0.25) is 0 Å². The summed E-state index contributed by atoms with van der Waals surface area (Å²) in [6.07, 6.45) is 1.04. The van der Waals surface area contributed by atoms with Gasteiger partial charge in [0.1, 0.15) is 0 Å². The molecule has 0 spiro atoms. The highest BCUT2D eigenvalue weighted by Crippen LogP contribution is 2.40. The number of hydrogen-bond acceptors (Lipinski definition) is 1. The van der Waals surface area contributed by atoms with Gasteiger partial charge in [0.25, 0.3) is 0 Å². The largest absolute Gasteiger partial charge is 0.330 e. The van der Waals surface area contributed by atoms with E-state index in [9.17, 15) is 0 Å². The third kappa shape index (κ3) is 4.10. The molecule has 0 unspecified atom stereocenters. The summed E-state index contributed by atoms with van der Waals surface area (Å²) in [6.45, 7) is 19.3. The van der Waals surface area contributed by atoms with Gasteiger partial charge in [-0.1, -0.05) is 67.5 Å². The summed E-state index contributed by atoms with van der Waals surface area (Å²) in [6, 6.07) is 4.88. The van der Waals surface area contributed by atoms with Gasteiger partial charge in [-0.2, -0.15) is 0 Å². The van der Waals surface area contributed by atoms with E-state index in [1.807, 2.05) is 0 Å². The third-order valence-electron chi connectivity index (χ3n) is 4.58. The van der Waals surface area contributed by atoms with Gasteiger partial charge < -0.3 is 5.73 Å². The molecule has 0 bridgehead atoms. The Bertz CT molecular complexity index is 438. The minimum absolute atomic E-state index is 0.142. The van der Waals surface area contributed by atoms with E-state index in [-0.39, 0.29) is 5.41 Å². The van der Waals surface area contributed by atoms with Crippen LogP contribution in [0.4, 0.5) is 0 Å². The van der Waals surface area contributed by atoms with Crippen LogP contribution in [0.5, 0.6) is 0 Å². The summed E-state index contributed by atoms with van der Waals surface area (Å²) in [5, 5.41) is 0. The van der Waals surface area contributed by atoms with Crippen LogP contribution >= 0.6 is 0 Å². The van der Waals surface area contributed by atoms with Gasteiger partial charge in [0.05, 0.1) is 0 Å². The fourth-order valence-electron chi connectivity index (χ4n) is 3.22. The highest BCUT2D eigenvalue weighted by Gasteiger charge is 2.28. The van der Waals surface area contributed by atoms with Gasteiger partial charge in [0.15, 0.2) is 0 Å². The summed E-state index contributed by atoms with van der Waals surface area (Å²) in [5.41, 5.74) is 12.1. The Hall–Kier alpha value is -0.820. The van der Waals surface area contributed by atoms with Crippen molar-refractivity contribution in [2.75, 3.05) is 6.54 Å². The molecule has 0 fully saturated rings. The first kappa shape index (κ1) is 18.2. The zero-order chi connectivity index (χ0) is 16.4. The molecule has 0 heterocycles. The first-order chi connectivity index (χ1) is 9.61. The monoisotopic (exact) mass is 289 g/mol. The van der Waals surface area contributed by atoms with Crippen LogP contribution in [0.25, 0.3) is 0 Å². The Balaban J connectivity index is 3.65. The average molecular weight is 290 g/mol. The van der Waals surface area contributed by atoms with E-state index in [0.717, 1.165) is 13.0 Å². The maximum atomic E-state index is 5.88. The van der Waals surface area contributed by atoms with E-state index in [1.54, 1.807) is 5.56 Å². The second-order valence-electron chi connectivity index (χ2n) is 7.96. The minimum atomic E-state index is 0.142. The molecule has 0 aliphatic carbocycles. The number of nitrogens with two attached hydrogens (primary N) is 1. The molecule has 0 aliphatic rings. The molecule has 0 aliphatic heterocycles. The van der Waals surface area contributed by atoms with Gasteiger partial charge in [-0.05, 0) is 58.4 Å². The topological polar surface area (TPSA) is 26.0 Å². The first-order valence-electron chi connectivity index (χ1n) is 8.50. The molecule has 0 saturated heterocycles. The highest BCUT2D eigenvalue weighted by molar-refractivity contribution is 5.47. The molecule has 0 atom stereocenters. The normalized spacial score (nSPS) is 12.8. The molecular weight excluding hydrogens is 254 g/mol. The third-order valence-corrected chi connectivity index (χ3v) is 4.58. The fraction of sp³-hybridized carbons (Fsp3) is 0.700. The van der Waals surface area contributed by atoms with Gasteiger partial charge in [0, 0.05) is 0 Å². The summed E-state index contributed by atoms with van der Waals surface area (Å²) in [5.74, 6) is 1.67. The van der Waals surface area contributed by atoms with E-state index >= 15 is 0 Å². The molecule has 1 aromatic rings. The van der Waals surface area contributed by atoms with Crippen molar-refractivity contribution in [3.05, 3.63) is 34.4 Å². The first-order valence-corrected chi connectivity index (χ1v) is 8.50. The SMILES string of the molecule is CC(C)c1cc(C(C)C)c(C(C)(C)CCN)c(C(C)C)c1. The van der Waals surface area contributed by atoms with Crippen molar-refractivity contribution >= 4 is 0 Å². The molecule has 21 heavy (non-hydrogen) atoms. The quantitative estimate of drug-likeness (QED) is 0.716. The lowest BCUT2D eigenvalue weighted by atomic mass is 9.71. The lowest BCUT2D eigenvalue weighted by Gasteiger charge is -2.34. The second kappa shape index (κ2) is 6.96. The van der Waals surface area contributed by atoms with Crippen molar-refractivity contribution in [2.24, 2.45) is 5.73 Å². The summed E-state index contributed by atoms with van der Waals surface area (Å²) in [7, 11) is 0. The summed E-state index contributed by atoms with van der Waals surface area (Å²) >= 11 is 0. The number of rotatable bonds is 6. The predicted molar refractivity (Wildman–Crippen MR) is 95.4 cm³/mol. The molecular formula is C20H35N. The van der Waals surface area contributed by atoms with Gasteiger partial charge in [-0.25, -0.2) is 0 Å². The van der Waals surface area contributed by atoms with E-state index < -0.39 is 0 Å². The molecule has 1 rings (SSSR count). The predicted octanol–water partition coefficient (Wildman–Crippen LogP) is 5.68. The maximum absolute atomic E-state index is 5.88. The zero-order valence-electron chi connectivity index (χ0n) is 15.4. The van der Waals surface area contributed by atoms with Gasteiger partial charge in [-0.15, -0.1) is 0 Å². The zero-order valence-corrected chi connectivity index (χ0v) is 15.4. The minimum Gasteiger partial charge on any atom is -0.330 e. The van der Waals surface area contributed by atoms with Crippen LogP contribution in [0.1, 0.15) is 102 Å². The van der Waals surface area contributed by atoms with Crippen molar-refractivity contribution in [3.63, 3.8) is 0 Å². The Labute approximate surface area is 132 Å². The molecule has 0 amide bonds. The van der Waals surface area contributed by atoms with E-state index in [0.29, 0.717) is 17.8 Å².